The maximum absolute atomic E-state index is 13.8. The third-order valence-electron chi connectivity index (χ3n) is 4.03. The fraction of sp³-hybridized carbons (Fsp3) is 0.375. The van der Waals surface area contributed by atoms with Gasteiger partial charge < -0.3 is 10.2 Å². The summed E-state index contributed by atoms with van der Waals surface area (Å²) < 4.78 is 28.5. The summed E-state index contributed by atoms with van der Waals surface area (Å²) in [5, 5.41) is 6.73. The van der Waals surface area contributed by atoms with Gasteiger partial charge in [-0.3, -0.25) is 14.3 Å². The lowest BCUT2D eigenvalue weighted by Crippen LogP contribution is -2.34. The molecule has 1 saturated heterocycles. The Labute approximate surface area is 142 Å². The molecule has 9 heteroatoms. The molecule has 2 heterocycles. The molecule has 0 spiro atoms. The number of rotatable bonds is 6. The molecule has 7 nitrogen and oxygen atoms in total. The van der Waals surface area contributed by atoms with E-state index < -0.39 is 17.6 Å². The summed E-state index contributed by atoms with van der Waals surface area (Å²) >= 11 is 0. The minimum Gasteiger partial charge on any atom is -0.356 e. The number of benzene rings is 1. The average molecular weight is 349 g/mol. The van der Waals surface area contributed by atoms with Gasteiger partial charge in [0.25, 0.3) is 0 Å². The monoisotopic (exact) mass is 349 g/mol. The number of aryl methyl sites for hydroxylation is 1. The Bertz CT molecular complexity index is 766. The van der Waals surface area contributed by atoms with Gasteiger partial charge in [-0.1, -0.05) is 0 Å². The number of nitrogens with zero attached hydrogens (tertiary/aromatic N) is 4. The maximum atomic E-state index is 13.8. The fourth-order valence-electron chi connectivity index (χ4n) is 2.76. The molecular formula is C16H17F2N5O2. The molecule has 0 aliphatic carbocycles. The Kier molecular flexibility index (Phi) is 5.01. The second kappa shape index (κ2) is 7.37. The zero-order valence-corrected chi connectivity index (χ0v) is 13.4. The van der Waals surface area contributed by atoms with Gasteiger partial charge in [-0.15, -0.1) is 0 Å². The zero-order valence-electron chi connectivity index (χ0n) is 13.4. The van der Waals surface area contributed by atoms with Crippen molar-refractivity contribution in [1.82, 2.24) is 20.1 Å². The Balaban J connectivity index is 1.52. The van der Waals surface area contributed by atoms with Gasteiger partial charge in [0.15, 0.2) is 0 Å². The minimum atomic E-state index is -0.817. The molecule has 1 aromatic carbocycles. The van der Waals surface area contributed by atoms with Crippen LogP contribution >= 0.6 is 0 Å². The van der Waals surface area contributed by atoms with Crippen LogP contribution in [0.5, 0.6) is 0 Å². The van der Waals surface area contributed by atoms with Crippen LogP contribution in [0, 0.1) is 17.6 Å². The maximum Gasteiger partial charge on any atom is 0.227 e. The van der Waals surface area contributed by atoms with Crippen LogP contribution in [-0.2, 0) is 16.1 Å². The molecule has 2 amide bonds. The lowest BCUT2D eigenvalue weighted by atomic mass is 10.1. The third-order valence-corrected chi connectivity index (χ3v) is 4.03. The van der Waals surface area contributed by atoms with Crippen LogP contribution in [0.25, 0.3) is 0 Å². The van der Waals surface area contributed by atoms with E-state index in [2.05, 4.69) is 15.4 Å². The van der Waals surface area contributed by atoms with Crippen molar-refractivity contribution in [1.29, 1.82) is 0 Å². The van der Waals surface area contributed by atoms with Crippen molar-refractivity contribution >= 4 is 17.5 Å². The smallest absolute Gasteiger partial charge is 0.227 e. The lowest BCUT2D eigenvalue weighted by molar-refractivity contribution is -0.126. The van der Waals surface area contributed by atoms with Crippen molar-refractivity contribution in [3.63, 3.8) is 0 Å². The van der Waals surface area contributed by atoms with E-state index in [0.717, 1.165) is 12.1 Å². The second-order valence-electron chi connectivity index (χ2n) is 5.80. The first-order chi connectivity index (χ1) is 12.0. The molecule has 2 aromatic rings. The van der Waals surface area contributed by atoms with E-state index in [0.29, 0.717) is 19.5 Å². The normalized spacial score (nSPS) is 17.1. The van der Waals surface area contributed by atoms with Gasteiger partial charge in [-0.05, 0) is 18.6 Å². The number of amides is 2. The highest BCUT2D eigenvalue weighted by molar-refractivity contribution is 6.00. The first-order valence-electron chi connectivity index (χ1n) is 7.90. The van der Waals surface area contributed by atoms with Gasteiger partial charge in [-0.25, -0.2) is 13.8 Å². The predicted molar refractivity (Wildman–Crippen MR) is 84.5 cm³/mol. The summed E-state index contributed by atoms with van der Waals surface area (Å²) in [6.07, 6.45) is 3.70. The first kappa shape index (κ1) is 17.0. The molecule has 0 saturated carbocycles. The van der Waals surface area contributed by atoms with Crippen molar-refractivity contribution in [2.24, 2.45) is 5.92 Å². The number of aromatic nitrogens is 3. The van der Waals surface area contributed by atoms with Crippen LogP contribution in [0.15, 0.2) is 30.9 Å². The van der Waals surface area contributed by atoms with Gasteiger partial charge in [0.05, 0.1) is 11.6 Å². The number of nitrogens with one attached hydrogen (secondary N) is 1. The van der Waals surface area contributed by atoms with Gasteiger partial charge in [0, 0.05) is 32.1 Å². The summed E-state index contributed by atoms with van der Waals surface area (Å²) in [6, 6.07) is 3.02. The molecule has 25 heavy (non-hydrogen) atoms. The molecule has 1 atom stereocenters. The van der Waals surface area contributed by atoms with Gasteiger partial charge in [0.1, 0.15) is 24.3 Å². The Morgan fingerprint density at radius 1 is 1.36 bits per heavy atom. The number of hydrogen-bond acceptors (Lipinski definition) is 4. The minimum absolute atomic E-state index is 0.00568. The largest absolute Gasteiger partial charge is 0.356 e. The third kappa shape index (κ3) is 3.98. The van der Waals surface area contributed by atoms with E-state index >= 15 is 0 Å². The number of carbonyl (C=O) groups excluding carboxylic acids is 2. The molecule has 0 unspecified atom stereocenters. The quantitative estimate of drug-likeness (QED) is 0.793. The standard InChI is InChI=1S/C16H17F2N5O2/c17-12-2-3-14(13(18)7-12)23-8-11(6-15(23)24)16(25)20-4-1-5-22-10-19-9-21-22/h2-3,7,9-11H,1,4-6,8H2,(H,20,25)/t11-/m1/s1. The van der Waals surface area contributed by atoms with Crippen molar-refractivity contribution in [2.45, 2.75) is 19.4 Å². The molecule has 1 aliphatic rings. The Morgan fingerprint density at radius 3 is 2.92 bits per heavy atom. The molecule has 1 fully saturated rings. The highest BCUT2D eigenvalue weighted by Gasteiger charge is 2.36. The van der Waals surface area contributed by atoms with Gasteiger partial charge in [0.2, 0.25) is 11.8 Å². The molecule has 132 valence electrons. The molecule has 0 radical (unpaired) electrons. The molecule has 1 N–H and O–H groups in total. The van der Waals surface area contributed by atoms with E-state index in [-0.39, 0.29) is 30.5 Å². The van der Waals surface area contributed by atoms with Crippen LogP contribution < -0.4 is 10.2 Å². The molecule has 1 aromatic heterocycles. The van der Waals surface area contributed by atoms with Gasteiger partial charge >= 0.3 is 0 Å². The van der Waals surface area contributed by atoms with Crippen molar-refractivity contribution in [3.05, 3.63) is 42.5 Å². The van der Waals surface area contributed by atoms with Crippen molar-refractivity contribution in [2.75, 3.05) is 18.0 Å². The first-order valence-corrected chi connectivity index (χ1v) is 7.90. The fourth-order valence-corrected chi connectivity index (χ4v) is 2.76. The predicted octanol–water partition coefficient (Wildman–Crippen LogP) is 1.12. The Hall–Kier alpha value is -2.84. The van der Waals surface area contributed by atoms with E-state index in [4.69, 9.17) is 0 Å². The van der Waals surface area contributed by atoms with Crippen LogP contribution in [0.2, 0.25) is 0 Å². The van der Waals surface area contributed by atoms with Crippen LogP contribution in [0.3, 0.4) is 0 Å². The lowest BCUT2D eigenvalue weighted by Gasteiger charge is -2.17. The van der Waals surface area contributed by atoms with E-state index in [1.54, 1.807) is 11.0 Å². The Morgan fingerprint density at radius 2 is 2.20 bits per heavy atom. The molecule has 3 rings (SSSR count). The van der Waals surface area contributed by atoms with E-state index in [1.165, 1.54) is 17.3 Å². The summed E-state index contributed by atoms with van der Waals surface area (Å²) in [5.74, 6) is -2.69. The molecule has 1 aliphatic heterocycles. The van der Waals surface area contributed by atoms with Gasteiger partial charge in [-0.2, -0.15) is 5.10 Å². The summed E-state index contributed by atoms with van der Waals surface area (Å²) in [4.78, 5) is 29.3. The molecule has 0 bridgehead atoms. The number of hydrogen-bond donors (Lipinski definition) is 1. The summed E-state index contributed by atoms with van der Waals surface area (Å²) in [7, 11) is 0. The van der Waals surface area contributed by atoms with Crippen molar-refractivity contribution < 1.29 is 18.4 Å². The summed E-state index contributed by atoms with van der Waals surface area (Å²) in [5.41, 5.74) is -0.00659. The van der Waals surface area contributed by atoms with Crippen LogP contribution in [-0.4, -0.2) is 39.7 Å². The number of anilines is 1. The highest BCUT2D eigenvalue weighted by Crippen LogP contribution is 2.27. The zero-order chi connectivity index (χ0) is 17.8. The molecular weight excluding hydrogens is 332 g/mol. The highest BCUT2D eigenvalue weighted by atomic mass is 19.1. The van der Waals surface area contributed by atoms with E-state index in [1.807, 2.05) is 0 Å². The van der Waals surface area contributed by atoms with Crippen LogP contribution in [0.1, 0.15) is 12.8 Å². The average Bonchev–Trinajstić information content (AvgIpc) is 3.21. The SMILES string of the molecule is O=C(NCCCn1cncn1)[C@@H]1CC(=O)N(c2ccc(F)cc2F)C1. The topological polar surface area (TPSA) is 80.1 Å². The second-order valence-corrected chi connectivity index (χ2v) is 5.80. The van der Waals surface area contributed by atoms with Crippen molar-refractivity contribution in [3.8, 4) is 0 Å². The number of carbonyl (C=O) groups is 2. The van der Waals surface area contributed by atoms with Crippen LogP contribution in [0.4, 0.5) is 14.5 Å². The number of halogens is 2. The van der Waals surface area contributed by atoms with E-state index in [9.17, 15) is 18.4 Å². The summed E-state index contributed by atoms with van der Waals surface area (Å²) in [6.45, 7) is 1.14.